The number of aryl methyl sites for hydroxylation is 1. The summed E-state index contributed by atoms with van der Waals surface area (Å²) in [5, 5.41) is 0. The lowest BCUT2D eigenvalue weighted by Crippen LogP contribution is -2.13. The topological polar surface area (TPSA) is 28.7 Å². The Labute approximate surface area is 168 Å². The number of imidazole rings is 1. The van der Waals surface area contributed by atoms with Crippen molar-refractivity contribution in [3.05, 3.63) is 102 Å². The van der Waals surface area contributed by atoms with Crippen molar-refractivity contribution in [3.63, 3.8) is 0 Å². The van der Waals surface area contributed by atoms with Crippen LogP contribution in [0.3, 0.4) is 0 Å². The molecule has 2 aromatic carbocycles. The van der Waals surface area contributed by atoms with Crippen LogP contribution in [0.5, 0.6) is 0 Å². The van der Waals surface area contributed by atoms with Gasteiger partial charge in [-0.2, -0.15) is 13.2 Å². The molecule has 0 spiro atoms. The largest absolute Gasteiger partial charge is 0.416 e. The number of hydrogen-bond donors (Lipinski definition) is 1. The molecule has 1 aliphatic rings. The average molecular weight is 396 g/mol. The first-order valence-corrected chi connectivity index (χ1v) is 9.55. The van der Waals surface area contributed by atoms with Gasteiger partial charge in [-0.3, -0.25) is 0 Å². The summed E-state index contributed by atoms with van der Waals surface area (Å²) in [7, 11) is 0. The highest BCUT2D eigenvalue weighted by Crippen LogP contribution is 2.36. The van der Waals surface area contributed by atoms with Crippen molar-refractivity contribution in [1.29, 1.82) is 0 Å². The zero-order valence-electron chi connectivity index (χ0n) is 16.2. The molecule has 0 amide bonds. The lowest BCUT2D eigenvalue weighted by atomic mass is 9.87. The van der Waals surface area contributed by atoms with Crippen LogP contribution in [0.25, 0.3) is 11.1 Å². The molecule has 1 N–H and O–H groups in total. The van der Waals surface area contributed by atoms with Gasteiger partial charge < -0.3 is 4.98 Å². The number of benzene rings is 2. The minimum Gasteiger partial charge on any atom is -0.351 e. The third-order valence-corrected chi connectivity index (χ3v) is 4.83. The summed E-state index contributed by atoms with van der Waals surface area (Å²) in [5.74, 6) is -0.236. The molecule has 1 aliphatic carbocycles. The number of aromatic nitrogens is 2. The Morgan fingerprint density at radius 1 is 1.10 bits per heavy atom. The van der Waals surface area contributed by atoms with E-state index in [0.717, 1.165) is 23.1 Å². The number of nitrogens with zero attached hydrogens (tertiary/aromatic N) is 1. The zero-order chi connectivity index (χ0) is 20.7. The lowest BCUT2D eigenvalue weighted by molar-refractivity contribution is -0.0887. The molecule has 1 aromatic heterocycles. The molecule has 1 heterocycles. The maximum absolute atomic E-state index is 13.0. The first kappa shape index (κ1) is 20.6. The molecular weight excluding hydrogens is 373 g/mol. The monoisotopic (exact) mass is 396 g/mol. The fourth-order valence-corrected chi connectivity index (χ4v) is 3.37. The molecule has 0 fully saturated rings. The van der Waals surface area contributed by atoms with Crippen molar-refractivity contribution in [2.75, 3.05) is 0 Å². The second-order valence-electron chi connectivity index (χ2n) is 6.76. The number of alkyl halides is 3. The van der Waals surface area contributed by atoms with E-state index >= 15 is 0 Å². The molecule has 2 nitrogen and oxygen atoms in total. The van der Waals surface area contributed by atoms with Gasteiger partial charge in [0.2, 0.25) is 0 Å². The summed E-state index contributed by atoms with van der Waals surface area (Å²) in [5.41, 5.74) is 3.81. The van der Waals surface area contributed by atoms with E-state index in [2.05, 4.69) is 29.0 Å². The SMILES string of the molecule is CCc1ccccc1-c1cccc(C2C=C(C(F)(F)F)C=CC2)c1.c1c[nH]cn1. The minimum atomic E-state index is -4.29. The van der Waals surface area contributed by atoms with E-state index in [4.69, 9.17) is 0 Å². The van der Waals surface area contributed by atoms with Crippen LogP contribution in [0.15, 0.2) is 91.1 Å². The van der Waals surface area contributed by atoms with Crippen molar-refractivity contribution >= 4 is 0 Å². The highest BCUT2D eigenvalue weighted by atomic mass is 19.4. The van der Waals surface area contributed by atoms with E-state index in [1.54, 1.807) is 24.8 Å². The predicted octanol–water partition coefficient (Wildman–Crippen LogP) is 6.86. The van der Waals surface area contributed by atoms with Gasteiger partial charge in [0.05, 0.1) is 11.9 Å². The van der Waals surface area contributed by atoms with Gasteiger partial charge in [-0.1, -0.05) is 73.7 Å². The Morgan fingerprint density at radius 2 is 1.93 bits per heavy atom. The summed E-state index contributed by atoms with van der Waals surface area (Å²) < 4.78 is 38.9. The third-order valence-electron chi connectivity index (χ3n) is 4.83. The van der Waals surface area contributed by atoms with Crippen LogP contribution in [0, 0.1) is 0 Å². The molecule has 0 bridgehead atoms. The van der Waals surface area contributed by atoms with Crippen molar-refractivity contribution in [1.82, 2.24) is 9.97 Å². The second kappa shape index (κ2) is 9.41. The highest BCUT2D eigenvalue weighted by molar-refractivity contribution is 5.68. The first-order valence-electron chi connectivity index (χ1n) is 9.55. The van der Waals surface area contributed by atoms with Crippen molar-refractivity contribution in [3.8, 4) is 11.1 Å². The Bertz CT molecular complexity index is 953. The first-order chi connectivity index (χ1) is 14.0. The van der Waals surface area contributed by atoms with Crippen LogP contribution >= 0.6 is 0 Å². The number of allylic oxidation sites excluding steroid dienone is 4. The van der Waals surface area contributed by atoms with Gasteiger partial charge >= 0.3 is 6.18 Å². The van der Waals surface area contributed by atoms with Gasteiger partial charge in [-0.25, -0.2) is 4.98 Å². The number of nitrogens with one attached hydrogen (secondary N) is 1. The molecule has 1 atom stereocenters. The molecular formula is C24H23F3N2. The van der Waals surface area contributed by atoms with Crippen molar-refractivity contribution in [2.45, 2.75) is 31.9 Å². The third kappa shape index (κ3) is 5.47. The van der Waals surface area contributed by atoms with Crippen LogP contribution in [0.1, 0.15) is 30.4 Å². The van der Waals surface area contributed by atoms with E-state index in [0.29, 0.717) is 6.42 Å². The van der Waals surface area contributed by atoms with E-state index in [1.165, 1.54) is 17.7 Å². The number of hydrogen-bond acceptors (Lipinski definition) is 1. The molecule has 1 unspecified atom stereocenters. The van der Waals surface area contributed by atoms with Gasteiger partial charge in [-0.05, 0) is 35.1 Å². The van der Waals surface area contributed by atoms with Gasteiger partial charge in [0.25, 0.3) is 0 Å². The maximum Gasteiger partial charge on any atom is 0.416 e. The van der Waals surface area contributed by atoms with E-state index in [1.807, 2.05) is 36.4 Å². The van der Waals surface area contributed by atoms with Crippen molar-refractivity contribution < 1.29 is 13.2 Å². The summed E-state index contributed by atoms with van der Waals surface area (Å²) in [6, 6.07) is 16.0. The molecule has 0 saturated carbocycles. The second-order valence-corrected chi connectivity index (χ2v) is 6.76. The van der Waals surface area contributed by atoms with Crippen molar-refractivity contribution in [2.24, 2.45) is 0 Å². The lowest BCUT2D eigenvalue weighted by Gasteiger charge is -2.19. The van der Waals surface area contributed by atoms with E-state index < -0.39 is 11.7 Å². The molecule has 150 valence electrons. The van der Waals surface area contributed by atoms with Crippen LogP contribution < -0.4 is 0 Å². The minimum absolute atomic E-state index is 0.236. The smallest absolute Gasteiger partial charge is 0.351 e. The molecule has 0 aliphatic heterocycles. The zero-order valence-corrected chi connectivity index (χ0v) is 16.2. The van der Waals surface area contributed by atoms with Crippen LogP contribution in [-0.2, 0) is 6.42 Å². The van der Waals surface area contributed by atoms with Gasteiger partial charge in [-0.15, -0.1) is 0 Å². The summed E-state index contributed by atoms with van der Waals surface area (Å²) in [6.07, 6.45) is 6.43. The Balaban J connectivity index is 0.000000419. The summed E-state index contributed by atoms with van der Waals surface area (Å²) in [4.78, 5) is 6.42. The van der Waals surface area contributed by atoms with E-state index in [-0.39, 0.29) is 5.92 Å². The maximum atomic E-state index is 13.0. The Kier molecular flexibility index (Phi) is 6.70. The van der Waals surface area contributed by atoms with E-state index in [9.17, 15) is 13.2 Å². The number of halogens is 3. The number of rotatable bonds is 3. The fourth-order valence-electron chi connectivity index (χ4n) is 3.37. The highest BCUT2D eigenvalue weighted by Gasteiger charge is 2.33. The summed E-state index contributed by atoms with van der Waals surface area (Å²) in [6.45, 7) is 2.10. The number of H-pyrrole nitrogens is 1. The van der Waals surface area contributed by atoms with Gasteiger partial charge in [0.1, 0.15) is 0 Å². The van der Waals surface area contributed by atoms with Crippen LogP contribution in [0.4, 0.5) is 13.2 Å². The predicted molar refractivity (Wildman–Crippen MR) is 110 cm³/mol. The number of aromatic amines is 1. The Morgan fingerprint density at radius 3 is 2.59 bits per heavy atom. The molecule has 5 heteroatoms. The molecule has 0 radical (unpaired) electrons. The van der Waals surface area contributed by atoms with Gasteiger partial charge in [0, 0.05) is 18.3 Å². The fraction of sp³-hybridized carbons (Fsp3) is 0.208. The standard InChI is InChI=1S/C21H19F3.C3H4N2/c1-2-15-7-3-4-12-20(15)18-10-5-8-16(13-18)17-9-6-11-19(14-17)21(22,23)24;1-2-5-3-4-1/h3-8,10-14,17H,2,9H2,1H3;1-3H,(H,4,5). The van der Waals surface area contributed by atoms with Gasteiger partial charge in [0.15, 0.2) is 0 Å². The molecule has 0 saturated heterocycles. The normalized spacial score (nSPS) is 16.0. The molecule has 29 heavy (non-hydrogen) atoms. The summed E-state index contributed by atoms with van der Waals surface area (Å²) >= 11 is 0. The quantitative estimate of drug-likeness (QED) is 0.515. The molecule has 3 aromatic rings. The Hall–Kier alpha value is -3.08. The molecule has 4 rings (SSSR count). The average Bonchev–Trinajstić information content (AvgIpc) is 3.33. The van der Waals surface area contributed by atoms with Crippen LogP contribution in [-0.4, -0.2) is 16.1 Å². The van der Waals surface area contributed by atoms with Crippen LogP contribution in [0.2, 0.25) is 0 Å².